The molecule has 0 saturated carbocycles. The molecule has 1 unspecified atom stereocenters. The fourth-order valence-corrected chi connectivity index (χ4v) is 4.40. The fraction of sp³-hybridized carbons (Fsp3) is 0.174. The molecule has 0 radical (unpaired) electrons. The van der Waals surface area contributed by atoms with Crippen molar-refractivity contribution in [2.75, 3.05) is 12.9 Å². The number of fused-ring (bicyclic) bond motifs is 1. The number of pyridine rings is 1. The van der Waals surface area contributed by atoms with Crippen molar-refractivity contribution in [1.29, 1.82) is 4.78 Å². The van der Waals surface area contributed by atoms with Gasteiger partial charge in [0, 0.05) is 52.7 Å². The van der Waals surface area contributed by atoms with Gasteiger partial charge in [0.2, 0.25) is 0 Å². The second-order valence-corrected chi connectivity index (χ2v) is 9.64. The number of hydrogen-bond acceptors (Lipinski definition) is 5. The summed E-state index contributed by atoms with van der Waals surface area (Å²) < 4.78 is 47.9. The van der Waals surface area contributed by atoms with Crippen molar-refractivity contribution < 1.29 is 18.1 Å². The molecular formula is C23H22FN3O4S. The van der Waals surface area contributed by atoms with E-state index in [2.05, 4.69) is 4.98 Å². The van der Waals surface area contributed by atoms with E-state index in [0.29, 0.717) is 38.4 Å². The van der Waals surface area contributed by atoms with Crippen molar-refractivity contribution in [3.63, 3.8) is 0 Å². The Bertz CT molecular complexity index is 1490. The number of aromatic amines is 1. The van der Waals surface area contributed by atoms with Crippen LogP contribution in [-0.4, -0.2) is 26.6 Å². The Morgan fingerprint density at radius 1 is 1.12 bits per heavy atom. The molecule has 0 fully saturated rings. The molecule has 1 atom stereocenters. The summed E-state index contributed by atoms with van der Waals surface area (Å²) in [6.45, 7) is 1.68. The molecule has 166 valence electrons. The standard InChI is InChI=1S/C23H22FN3O4S/c1-4-32(25,29)15-6-8-20(31-21-7-5-14(30-3)11-19(21)24)17(12-15)18-13-27(2)23(28)22-16(18)9-10-26-22/h5-13,25-26H,4H2,1-3H3. The number of H-pyrrole nitrogens is 1. The number of halogens is 1. The first-order valence-electron chi connectivity index (χ1n) is 9.84. The highest BCUT2D eigenvalue weighted by atomic mass is 32.2. The number of methoxy groups -OCH3 is 1. The van der Waals surface area contributed by atoms with E-state index in [1.807, 2.05) is 0 Å². The molecule has 0 aliphatic heterocycles. The maximum atomic E-state index is 14.6. The number of aryl methyl sites for hydroxylation is 1. The topological polar surface area (TPSA) is 97.2 Å². The number of benzene rings is 2. The first kappa shape index (κ1) is 21.6. The SMILES string of the molecule is CCS(=N)(=O)c1ccc(Oc2ccc(OC)cc2F)c(-c2cn(C)c(=O)c3[nH]ccc23)c1. The number of nitrogens with one attached hydrogen (secondary N) is 2. The zero-order valence-electron chi connectivity index (χ0n) is 17.8. The minimum absolute atomic E-state index is 0.0166. The van der Waals surface area contributed by atoms with Crippen LogP contribution >= 0.6 is 0 Å². The van der Waals surface area contributed by atoms with Crippen LogP contribution < -0.4 is 15.0 Å². The largest absolute Gasteiger partial charge is 0.497 e. The van der Waals surface area contributed by atoms with Crippen molar-refractivity contribution in [2.24, 2.45) is 7.05 Å². The average molecular weight is 456 g/mol. The smallest absolute Gasteiger partial charge is 0.274 e. The minimum atomic E-state index is -3.02. The lowest BCUT2D eigenvalue weighted by Crippen LogP contribution is -2.16. The zero-order valence-corrected chi connectivity index (χ0v) is 18.6. The summed E-state index contributed by atoms with van der Waals surface area (Å²) in [6.07, 6.45) is 3.30. The summed E-state index contributed by atoms with van der Waals surface area (Å²) in [4.78, 5) is 15.8. The summed E-state index contributed by atoms with van der Waals surface area (Å²) in [6, 6.07) is 10.7. The van der Waals surface area contributed by atoms with Crippen molar-refractivity contribution >= 4 is 20.6 Å². The number of nitrogens with zero attached hydrogens (tertiary/aromatic N) is 1. The lowest BCUT2D eigenvalue weighted by atomic mass is 10.0. The predicted octanol–water partition coefficient (Wildman–Crippen LogP) is 4.90. The second-order valence-electron chi connectivity index (χ2n) is 7.25. The molecule has 2 aromatic heterocycles. The number of rotatable bonds is 6. The Morgan fingerprint density at radius 2 is 1.88 bits per heavy atom. The Morgan fingerprint density at radius 3 is 2.56 bits per heavy atom. The van der Waals surface area contributed by atoms with Crippen molar-refractivity contribution in [2.45, 2.75) is 11.8 Å². The van der Waals surface area contributed by atoms with Gasteiger partial charge in [0.05, 0.1) is 16.8 Å². The average Bonchev–Trinajstić information content (AvgIpc) is 3.28. The Hall–Kier alpha value is -3.59. The highest BCUT2D eigenvalue weighted by molar-refractivity contribution is 7.92. The zero-order chi connectivity index (χ0) is 23.0. The normalized spacial score (nSPS) is 13.1. The van der Waals surface area contributed by atoms with E-state index in [1.54, 1.807) is 56.7 Å². The highest BCUT2D eigenvalue weighted by Crippen LogP contribution is 2.39. The Labute approximate surface area is 184 Å². The van der Waals surface area contributed by atoms with Gasteiger partial charge in [0.15, 0.2) is 11.6 Å². The summed E-state index contributed by atoms with van der Waals surface area (Å²) in [5, 5.41) is 0.637. The van der Waals surface area contributed by atoms with E-state index in [9.17, 15) is 13.4 Å². The molecule has 0 spiro atoms. The van der Waals surface area contributed by atoms with Crippen molar-refractivity contribution in [3.8, 4) is 28.4 Å². The van der Waals surface area contributed by atoms with Gasteiger partial charge < -0.3 is 19.0 Å². The predicted molar refractivity (Wildman–Crippen MR) is 122 cm³/mol. The van der Waals surface area contributed by atoms with Gasteiger partial charge in [-0.25, -0.2) is 13.4 Å². The van der Waals surface area contributed by atoms with Gasteiger partial charge in [-0.15, -0.1) is 0 Å². The molecule has 2 N–H and O–H groups in total. The lowest BCUT2D eigenvalue weighted by molar-refractivity contribution is 0.402. The van der Waals surface area contributed by atoms with E-state index in [0.717, 1.165) is 0 Å². The molecule has 2 heterocycles. The number of hydrogen-bond donors (Lipinski definition) is 2. The molecule has 0 aliphatic carbocycles. The quantitative estimate of drug-likeness (QED) is 0.432. The molecule has 7 nitrogen and oxygen atoms in total. The monoisotopic (exact) mass is 455 g/mol. The lowest BCUT2D eigenvalue weighted by Gasteiger charge is -2.16. The van der Waals surface area contributed by atoms with Gasteiger partial charge >= 0.3 is 0 Å². The maximum Gasteiger partial charge on any atom is 0.274 e. The molecule has 0 saturated heterocycles. The van der Waals surface area contributed by atoms with Crippen LogP contribution in [0.4, 0.5) is 4.39 Å². The van der Waals surface area contributed by atoms with Crippen LogP contribution in [0.25, 0.3) is 22.0 Å². The van der Waals surface area contributed by atoms with E-state index < -0.39 is 15.5 Å². The fourth-order valence-electron chi connectivity index (χ4n) is 3.47. The van der Waals surface area contributed by atoms with Gasteiger partial charge in [-0.1, -0.05) is 6.92 Å². The summed E-state index contributed by atoms with van der Waals surface area (Å²) in [5.41, 5.74) is 1.32. The number of aromatic nitrogens is 2. The molecular weight excluding hydrogens is 433 g/mol. The first-order valence-corrected chi connectivity index (χ1v) is 11.6. The second kappa shape index (κ2) is 8.16. The Kier molecular flexibility index (Phi) is 5.52. The summed E-state index contributed by atoms with van der Waals surface area (Å²) in [7, 11) is 0.0526. The maximum absolute atomic E-state index is 14.6. The third-order valence-corrected chi connectivity index (χ3v) is 7.11. The summed E-state index contributed by atoms with van der Waals surface area (Å²) >= 11 is 0. The number of ether oxygens (including phenoxy) is 2. The molecule has 0 bridgehead atoms. The molecule has 32 heavy (non-hydrogen) atoms. The molecule has 0 amide bonds. The first-order chi connectivity index (χ1) is 15.2. The van der Waals surface area contributed by atoms with Crippen LogP contribution in [0.2, 0.25) is 0 Å². The molecule has 9 heteroatoms. The van der Waals surface area contributed by atoms with Gasteiger partial charge in [-0.05, 0) is 36.4 Å². The van der Waals surface area contributed by atoms with Crippen LogP contribution in [0.3, 0.4) is 0 Å². The van der Waals surface area contributed by atoms with Gasteiger partial charge in [0.1, 0.15) is 17.0 Å². The highest BCUT2D eigenvalue weighted by Gasteiger charge is 2.19. The Balaban J connectivity index is 1.96. The van der Waals surface area contributed by atoms with Crippen molar-refractivity contribution in [1.82, 2.24) is 9.55 Å². The van der Waals surface area contributed by atoms with Gasteiger partial charge in [0.25, 0.3) is 5.56 Å². The van der Waals surface area contributed by atoms with Crippen LogP contribution in [0.15, 0.2) is 64.5 Å². The van der Waals surface area contributed by atoms with E-state index in [-0.39, 0.29) is 17.1 Å². The third kappa shape index (κ3) is 3.75. The van der Waals surface area contributed by atoms with Crippen LogP contribution in [0, 0.1) is 10.6 Å². The van der Waals surface area contributed by atoms with Crippen LogP contribution in [0.5, 0.6) is 17.2 Å². The van der Waals surface area contributed by atoms with E-state index >= 15 is 0 Å². The van der Waals surface area contributed by atoms with Gasteiger partial charge in [-0.2, -0.15) is 0 Å². The molecule has 4 rings (SSSR count). The van der Waals surface area contributed by atoms with E-state index in [1.165, 1.54) is 23.8 Å². The molecule has 0 aliphatic rings. The van der Waals surface area contributed by atoms with Crippen LogP contribution in [0.1, 0.15) is 6.92 Å². The minimum Gasteiger partial charge on any atom is -0.497 e. The third-order valence-electron chi connectivity index (χ3n) is 5.28. The van der Waals surface area contributed by atoms with Gasteiger partial charge in [-0.3, -0.25) is 4.79 Å². The van der Waals surface area contributed by atoms with Crippen molar-refractivity contribution in [3.05, 3.63) is 71.0 Å². The molecule has 2 aromatic carbocycles. The van der Waals surface area contributed by atoms with E-state index in [4.69, 9.17) is 14.3 Å². The summed E-state index contributed by atoms with van der Waals surface area (Å²) in [5.74, 6) is 0.174. The molecule has 4 aromatic rings. The van der Waals surface area contributed by atoms with Crippen LogP contribution in [-0.2, 0) is 16.8 Å².